The molecule has 0 spiro atoms. The molecule has 3 rings (SSSR count). The predicted octanol–water partition coefficient (Wildman–Crippen LogP) is 4.10. The van der Waals surface area contributed by atoms with E-state index in [1.165, 1.54) is 18.9 Å². The number of piperidine rings is 1. The minimum absolute atomic E-state index is 0.147. The van der Waals surface area contributed by atoms with E-state index in [-0.39, 0.29) is 11.9 Å². The Hall–Kier alpha value is -0.450. The molecule has 1 saturated carbocycles. The van der Waals surface area contributed by atoms with Crippen LogP contribution in [0.15, 0.2) is 22.7 Å². The van der Waals surface area contributed by atoms with Gasteiger partial charge in [0.05, 0.1) is 10.6 Å². The standard InChI is InChI=1S/C17H23BrFNO/c18-17-12(5-3-7-14(17)19)11-20-10-2-1-8-15(20)13-6-4-9-16(13)21/h3,5,7,13,15-16,21H,1-2,4,6,8-11H2. The Morgan fingerprint density at radius 2 is 2.05 bits per heavy atom. The second kappa shape index (κ2) is 6.76. The van der Waals surface area contributed by atoms with Crippen LogP contribution in [0.25, 0.3) is 0 Å². The minimum Gasteiger partial charge on any atom is -0.393 e. The highest BCUT2D eigenvalue weighted by molar-refractivity contribution is 9.10. The van der Waals surface area contributed by atoms with E-state index in [9.17, 15) is 9.50 Å². The van der Waals surface area contributed by atoms with Crippen LogP contribution in [0.5, 0.6) is 0 Å². The molecule has 1 aliphatic heterocycles. The van der Waals surface area contributed by atoms with Gasteiger partial charge in [0.2, 0.25) is 0 Å². The number of hydrogen-bond acceptors (Lipinski definition) is 2. The van der Waals surface area contributed by atoms with E-state index in [1.54, 1.807) is 6.07 Å². The van der Waals surface area contributed by atoms with Crippen molar-refractivity contribution >= 4 is 15.9 Å². The summed E-state index contributed by atoms with van der Waals surface area (Å²) in [7, 11) is 0. The van der Waals surface area contributed by atoms with Crippen molar-refractivity contribution in [2.75, 3.05) is 6.54 Å². The van der Waals surface area contributed by atoms with Gasteiger partial charge in [-0.1, -0.05) is 25.0 Å². The number of hydrogen-bond donors (Lipinski definition) is 1. The lowest BCUT2D eigenvalue weighted by molar-refractivity contribution is 0.0311. The maximum atomic E-state index is 13.7. The topological polar surface area (TPSA) is 23.5 Å². The molecule has 0 bridgehead atoms. The van der Waals surface area contributed by atoms with Gasteiger partial charge < -0.3 is 5.11 Å². The highest BCUT2D eigenvalue weighted by atomic mass is 79.9. The second-order valence-corrected chi connectivity index (χ2v) is 7.20. The van der Waals surface area contributed by atoms with E-state index < -0.39 is 0 Å². The van der Waals surface area contributed by atoms with Crippen LogP contribution >= 0.6 is 15.9 Å². The van der Waals surface area contributed by atoms with Gasteiger partial charge >= 0.3 is 0 Å². The summed E-state index contributed by atoms with van der Waals surface area (Å²) >= 11 is 3.37. The van der Waals surface area contributed by atoms with Crippen molar-refractivity contribution in [3.63, 3.8) is 0 Å². The van der Waals surface area contributed by atoms with E-state index in [0.717, 1.165) is 44.3 Å². The van der Waals surface area contributed by atoms with Gasteiger partial charge in [0, 0.05) is 18.5 Å². The van der Waals surface area contributed by atoms with Crippen LogP contribution in [0.1, 0.15) is 44.1 Å². The summed E-state index contributed by atoms with van der Waals surface area (Å²) in [6, 6.07) is 5.71. The molecule has 0 aromatic heterocycles. The zero-order chi connectivity index (χ0) is 14.8. The first-order valence-electron chi connectivity index (χ1n) is 8.02. The van der Waals surface area contributed by atoms with Crippen molar-refractivity contribution in [3.05, 3.63) is 34.1 Å². The second-order valence-electron chi connectivity index (χ2n) is 6.41. The summed E-state index contributed by atoms with van der Waals surface area (Å²) in [5.41, 5.74) is 1.01. The number of halogens is 2. The maximum Gasteiger partial charge on any atom is 0.137 e. The molecule has 3 atom stereocenters. The summed E-state index contributed by atoms with van der Waals surface area (Å²) in [4.78, 5) is 2.46. The number of aliphatic hydroxyl groups excluding tert-OH is 1. The predicted molar refractivity (Wildman–Crippen MR) is 85.5 cm³/mol. The molecule has 2 nitrogen and oxygen atoms in total. The average Bonchev–Trinajstić information content (AvgIpc) is 2.90. The Labute approximate surface area is 134 Å². The Morgan fingerprint density at radius 3 is 2.81 bits per heavy atom. The smallest absolute Gasteiger partial charge is 0.137 e. The highest BCUT2D eigenvalue weighted by Crippen LogP contribution is 2.36. The Bertz CT molecular complexity index is 496. The summed E-state index contributed by atoms with van der Waals surface area (Å²) in [6.07, 6.45) is 6.67. The molecule has 1 saturated heterocycles. The van der Waals surface area contributed by atoms with Gasteiger partial charge in [0.25, 0.3) is 0 Å². The maximum absolute atomic E-state index is 13.7. The monoisotopic (exact) mass is 355 g/mol. The van der Waals surface area contributed by atoms with Gasteiger partial charge in [0.1, 0.15) is 5.82 Å². The lowest BCUT2D eigenvalue weighted by Crippen LogP contribution is -2.45. The molecule has 1 aliphatic carbocycles. The van der Waals surface area contributed by atoms with Crippen molar-refractivity contribution < 1.29 is 9.50 Å². The van der Waals surface area contributed by atoms with Crippen molar-refractivity contribution in [2.24, 2.45) is 5.92 Å². The lowest BCUT2D eigenvalue weighted by atomic mass is 9.87. The van der Waals surface area contributed by atoms with Crippen LogP contribution in [0.3, 0.4) is 0 Å². The first-order valence-corrected chi connectivity index (χ1v) is 8.81. The molecule has 3 unspecified atom stereocenters. The summed E-state index contributed by atoms with van der Waals surface area (Å²) in [5.74, 6) is 0.208. The lowest BCUT2D eigenvalue weighted by Gasteiger charge is -2.40. The molecule has 116 valence electrons. The molecule has 0 radical (unpaired) electrons. The molecule has 2 fully saturated rings. The molecule has 2 aliphatic rings. The largest absolute Gasteiger partial charge is 0.393 e. The number of nitrogens with zero attached hydrogens (tertiary/aromatic N) is 1. The van der Waals surface area contributed by atoms with Crippen LogP contribution in [0, 0.1) is 11.7 Å². The van der Waals surface area contributed by atoms with Crippen LogP contribution in [0.4, 0.5) is 4.39 Å². The molecule has 21 heavy (non-hydrogen) atoms. The molecule has 4 heteroatoms. The number of likely N-dealkylation sites (tertiary alicyclic amines) is 1. The van der Waals surface area contributed by atoms with Crippen LogP contribution in [0.2, 0.25) is 0 Å². The van der Waals surface area contributed by atoms with Crippen LogP contribution in [-0.4, -0.2) is 28.7 Å². The van der Waals surface area contributed by atoms with Crippen molar-refractivity contribution in [2.45, 2.75) is 57.2 Å². The van der Waals surface area contributed by atoms with E-state index in [4.69, 9.17) is 0 Å². The van der Waals surface area contributed by atoms with Gasteiger partial charge in [-0.3, -0.25) is 4.90 Å². The fourth-order valence-corrected chi connectivity index (χ4v) is 4.40. The third-order valence-corrected chi connectivity index (χ3v) is 5.98. The number of benzene rings is 1. The summed E-state index contributed by atoms with van der Waals surface area (Å²) in [5, 5.41) is 10.2. The van der Waals surface area contributed by atoms with Crippen LogP contribution in [-0.2, 0) is 6.54 Å². The third kappa shape index (κ3) is 3.33. The van der Waals surface area contributed by atoms with Gasteiger partial charge in [-0.25, -0.2) is 4.39 Å². The molecule has 1 heterocycles. The van der Waals surface area contributed by atoms with E-state index >= 15 is 0 Å². The molecule has 0 amide bonds. The van der Waals surface area contributed by atoms with E-state index in [2.05, 4.69) is 20.8 Å². The van der Waals surface area contributed by atoms with Crippen molar-refractivity contribution in [3.8, 4) is 0 Å². The minimum atomic E-state index is -0.193. The van der Waals surface area contributed by atoms with Gasteiger partial charge in [-0.05, 0) is 59.8 Å². The van der Waals surface area contributed by atoms with E-state index in [0.29, 0.717) is 16.4 Å². The Kier molecular flexibility index (Phi) is 4.97. The summed E-state index contributed by atoms with van der Waals surface area (Å²) in [6.45, 7) is 1.82. The van der Waals surface area contributed by atoms with E-state index in [1.807, 2.05) is 6.07 Å². The third-order valence-electron chi connectivity index (χ3n) is 5.10. The van der Waals surface area contributed by atoms with Crippen LogP contribution < -0.4 is 0 Å². The Morgan fingerprint density at radius 1 is 1.19 bits per heavy atom. The number of aliphatic hydroxyl groups is 1. The molecule has 1 aromatic carbocycles. The van der Waals surface area contributed by atoms with Crippen molar-refractivity contribution in [1.82, 2.24) is 4.90 Å². The van der Waals surface area contributed by atoms with Crippen molar-refractivity contribution in [1.29, 1.82) is 0 Å². The van der Waals surface area contributed by atoms with Gasteiger partial charge in [0.15, 0.2) is 0 Å². The Balaban J connectivity index is 1.76. The fraction of sp³-hybridized carbons (Fsp3) is 0.647. The SMILES string of the molecule is OC1CCCC1C1CCCCN1Cc1cccc(F)c1Br. The highest BCUT2D eigenvalue weighted by Gasteiger charge is 2.36. The first-order chi connectivity index (χ1) is 10.2. The summed E-state index contributed by atoms with van der Waals surface area (Å²) < 4.78 is 14.3. The quantitative estimate of drug-likeness (QED) is 0.881. The zero-order valence-electron chi connectivity index (χ0n) is 12.3. The molecule has 1 N–H and O–H groups in total. The normalized spacial score (nSPS) is 30.7. The van der Waals surface area contributed by atoms with Gasteiger partial charge in [-0.2, -0.15) is 0 Å². The molecule has 1 aromatic rings. The van der Waals surface area contributed by atoms with Gasteiger partial charge in [-0.15, -0.1) is 0 Å². The molecular weight excluding hydrogens is 333 g/mol. The fourth-order valence-electron chi connectivity index (χ4n) is 4.01. The zero-order valence-corrected chi connectivity index (χ0v) is 13.9. The average molecular weight is 356 g/mol. The molecular formula is C17H23BrFNO. The first kappa shape index (κ1) is 15.4. The number of rotatable bonds is 3.